The van der Waals surface area contributed by atoms with Gasteiger partial charge in [0.25, 0.3) is 0 Å². The Labute approximate surface area is 142 Å². The van der Waals surface area contributed by atoms with Gasteiger partial charge in [-0.05, 0) is 38.5 Å². The Balaban J connectivity index is 2.13. The zero-order valence-corrected chi connectivity index (χ0v) is 15.0. The van der Waals surface area contributed by atoms with Gasteiger partial charge in [-0.1, -0.05) is 64.2 Å². The van der Waals surface area contributed by atoms with Crippen molar-refractivity contribution in [2.24, 2.45) is 0 Å². The molecule has 2 rings (SSSR count). The monoisotopic (exact) mass is 326 g/mol. The van der Waals surface area contributed by atoms with Gasteiger partial charge in [-0.25, -0.2) is 0 Å². The minimum atomic E-state index is -0.149. The van der Waals surface area contributed by atoms with Crippen LogP contribution in [0.1, 0.15) is 103 Å². The van der Waals surface area contributed by atoms with Gasteiger partial charge in [0.05, 0.1) is 11.2 Å². The molecule has 23 heavy (non-hydrogen) atoms. The fraction of sp³-hybridized carbons (Fsp3) is 1.00. The van der Waals surface area contributed by atoms with E-state index < -0.39 is 0 Å². The second-order valence-electron chi connectivity index (χ2n) is 7.95. The first-order valence-corrected chi connectivity index (χ1v) is 10.2. The molecule has 0 aromatic heterocycles. The van der Waals surface area contributed by atoms with Crippen molar-refractivity contribution in [1.29, 1.82) is 0 Å². The highest BCUT2D eigenvalue weighted by Crippen LogP contribution is 2.42. The number of rotatable bonds is 6. The summed E-state index contributed by atoms with van der Waals surface area (Å²) in [5.74, 6) is 0. The number of ether oxygens (including phenoxy) is 1. The molecule has 3 nitrogen and oxygen atoms in total. The van der Waals surface area contributed by atoms with Crippen LogP contribution in [0.15, 0.2) is 0 Å². The van der Waals surface area contributed by atoms with Crippen molar-refractivity contribution < 1.29 is 14.9 Å². The average Bonchev–Trinajstić information content (AvgIpc) is 2.48. The molecule has 0 aliphatic heterocycles. The molecule has 2 aliphatic rings. The van der Waals surface area contributed by atoms with E-state index in [0.717, 1.165) is 38.5 Å². The SMILES string of the molecule is OCCC1(OC2(CCO)CCCCCCC2)CCCCCCC1. The summed E-state index contributed by atoms with van der Waals surface area (Å²) in [5.41, 5.74) is -0.299. The minimum absolute atomic E-state index is 0.149. The Kier molecular flexibility index (Phi) is 8.35. The third-order valence-electron chi connectivity index (χ3n) is 6.10. The smallest absolute Gasteiger partial charge is 0.0712 e. The molecular formula is C20H38O3. The van der Waals surface area contributed by atoms with Crippen LogP contribution in [0.3, 0.4) is 0 Å². The van der Waals surface area contributed by atoms with Gasteiger partial charge in [0.1, 0.15) is 0 Å². The Morgan fingerprint density at radius 2 is 0.826 bits per heavy atom. The van der Waals surface area contributed by atoms with E-state index in [4.69, 9.17) is 4.74 Å². The fourth-order valence-electron chi connectivity index (χ4n) is 4.77. The second-order valence-corrected chi connectivity index (χ2v) is 7.95. The normalized spacial score (nSPS) is 25.8. The quantitative estimate of drug-likeness (QED) is 0.741. The maximum atomic E-state index is 9.66. The van der Waals surface area contributed by atoms with Crippen LogP contribution in [0, 0.1) is 0 Å². The molecule has 0 aromatic rings. The molecule has 2 fully saturated rings. The maximum Gasteiger partial charge on any atom is 0.0712 e. The van der Waals surface area contributed by atoms with Crippen molar-refractivity contribution in [1.82, 2.24) is 0 Å². The Morgan fingerprint density at radius 3 is 1.13 bits per heavy atom. The van der Waals surface area contributed by atoms with Gasteiger partial charge in [-0.3, -0.25) is 0 Å². The molecule has 0 saturated heterocycles. The summed E-state index contributed by atoms with van der Waals surface area (Å²) in [4.78, 5) is 0. The molecule has 0 bridgehead atoms. The van der Waals surface area contributed by atoms with Crippen molar-refractivity contribution in [2.75, 3.05) is 13.2 Å². The standard InChI is InChI=1S/C20H38O3/c21-17-15-19(11-7-3-1-4-8-12-19)23-20(16-18-22)13-9-5-2-6-10-14-20/h21-22H,1-18H2. The molecule has 2 N–H and O–H groups in total. The second kappa shape index (κ2) is 10.0. The summed E-state index contributed by atoms with van der Waals surface area (Å²) >= 11 is 0. The number of hydrogen-bond acceptors (Lipinski definition) is 3. The largest absolute Gasteiger partial charge is 0.396 e. The van der Waals surface area contributed by atoms with Crippen LogP contribution in [0.25, 0.3) is 0 Å². The zero-order chi connectivity index (χ0) is 16.4. The molecular weight excluding hydrogens is 288 g/mol. The fourth-order valence-corrected chi connectivity index (χ4v) is 4.77. The molecule has 0 spiro atoms. The van der Waals surface area contributed by atoms with Crippen molar-refractivity contribution >= 4 is 0 Å². The molecule has 0 amide bonds. The molecule has 0 aromatic carbocycles. The first-order chi connectivity index (χ1) is 11.2. The number of aliphatic hydroxyl groups excluding tert-OH is 2. The van der Waals surface area contributed by atoms with Crippen LogP contribution in [0.2, 0.25) is 0 Å². The van der Waals surface area contributed by atoms with Crippen LogP contribution in [0.5, 0.6) is 0 Å². The van der Waals surface area contributed by atoms with Crippen LogP contribution < -0.4 is 0 Å². The molecule has 2 aliphatic carbocycles. The summed E-state index contributed by atoms with van der Waals surface area (Å²) in [7, 11) is 0. The van der Waals surface area contributed by atoms with E-state index >= 15 is 0 Å². The summed E-state index contributed by atoms with van der Waals surface area (Å²) in [6, 6.07) is 0. The van der Waals surface area contributed by atoms with Gasteiger partial charge < -0.3 is 14.9 Å². The predicted octanol–water partition coefficient (Wildman–Crippen LogP) is 4.73. The van der Waals surface area contributed by atoms with E-state index in [1.165, 1.54) is 64.2 Å². The van der Waals surface area contributed by atoms with Crippen molar-refractivity contribution in [3.05, 3.63) is 0 Å². The molecule has 0 atom stereocenters. The average molecular weight is 327 g/mol. The maximum absolute atomic E-state index is 9.66. The predicted molar refractivity (Wildman–Crippen MR) is 94.6 cm³/mol. The van der Waals surface area contributed by atoms with E-state index in [2.05, 4.69) is 0 Å². The van der Waals surface area contributed by atoms with E-state index in [-0.39, 0.29) is 24.4 Å². The topological polar surface area (TPSA) is 49.7 Å². The van der Waals surface area contributed by atoms with Crippen LogP contribution in [-0.4, -0.2) is 34.6 Å². The van der Waals surface area contributed by atoms with Crippen LogP contribution in [0.4, 0.5) is 0 Å². The molecule has 0 unspecified atom stereocenters. The highest BCUT2D eigenvalue weighted by atomic mass is 16.5. The number of aliphatic hydroxyl groups is 2. The lowest BCUT2D eigenvalue weighted by atomic mass is 9.80. The van der Waals surface area contributed by atoms with Crippen molar-refractivity contribution in [3.8, 4) is 0 Å². The summed E-state index contributed by atoms with van der Waals surface area (Å²) < 4.78 is 6.94. The van der Waals surface area contributed by atoms with E-state index in [1.807, 2.05) is 0 Å². The molecule has 0 heterocycles. The summed E-state index contributed by atoms with van der Waals surface area (Å²) in [5, 5.41) is 19.3. The van der Waals surface area contributed by atoms with E-state index in [0.29, 0.717) is 0 Å². The first-order valence-electron chi connectivity index (χ1n) is 10.2. The van der Waals surface area contributed by atoms with Crippen molar-refractivity contribution in [3.63, 3.8) is 0 Å². The van der Waals surface area contributed by atoms with Gasteiger partial charge in [0.2, 0.25) is 0 Å². The van der Waals surface area contributed by atoms with Gasteiger partial charge in [-0.2, -0.15) is 0 Å². The lowest BCUT2D eigenvalue weighted by Crippen LogP contribution is -2.46. The van der Waals surface area contributed by atoms with Crippen LogP contribution >= 0.6 is 0 Å². The first kappa shape index (κ1) is 19.2. The molecule has 2 saturated carbocycles. The van der Waals surface area contributed by atoms with Gasteiger partial charge >= 0.3 is 0 Å². The lowest BCUT2D eigenvalue weighted by molar-refractivity contribution is -0.189. The lowest BCUT2D eigenvalue weighted by Gasteiger charge is -2.46. The van der Waals surface area contributed by atoms with Crippen molar-refractivity contribution in [2.45, 2.75) is 114 Å². The summed E-state index contributed by atoms with van der Waals surface area (Å²) in [6.07, 6.45) is 18.6. The Hall–Kier alpha value is -0.120. The zero-order valence-electron chi connectivity index (χ0n) is 15.0. The molecule has 0 radical (unpaired) electrons. The Morgan fingerprint density at radius 1 is 0.522 bits per heavy atom. The number of hydrogen-bond donors (Lipinski definition) is 2. The Bertz CT molecular complexity index is 270. The summed E-state index contributed by atoms with van der Waals surface area (Å²) in [6.45, 7) is 0.435. The molecule has 3 heteroatoms. The molecule has 136 valence electrons. The highest BCUT2D eigenvalue weighted by Gasteiger charge is 2.41. The van der Waals surface area contributed by atoms with Gasteiger partial charge in [0.15, 0.2) is 0 Å². The van der Waals surface area contributed by atoms with Gasteiger partial charge in [-0.15, -0.1) is 0 Å². The highest BCUT2D eigenvalue weighted by molar-refractivity contribution is 4.91. The third kappa shape index (κ3) is 6.03. The van der Waals surface area contributed by atoms with Gasteiger partial charge in [0, 0.05) is 13.2 Å². The van der Waals surface area contributed by atoms with E-state index in [9.17, 15) is 10.2 Å². The minimum Gasteiger partial charge on any atom is -0.396 e. The third-order valence-corrected chi connectivity index (χ3v) is 6.10. The van der Waals surface area contributed by atoms with E-state index in [1.54, 1.807) is 0 Å². The van der Waals surface area contributed by atoms with Crippen LogP contribution in [-0.2, 0) is 4.74 Å².